The van der Waals surface area contributed by atoms with Crippen LogP contribution in [-0.2, 0) is 12.8 Å². The zero-order valence-corrected chi connectivity index (χ0v) is 11.8. The summed E-state index contributed by atoms with van der Waals surface area (Å²) in [6.45, 7) is 2.07. The summed E-state index contributed by atoms with van der Waals surface area (Å²) in [6, 6.07) is 3.96. The highest BCUT2D eigenvalue weighted by Crippen LogP contribution is 2.20. The Kier molecular flexibility index (Phi) is 4.07. The summed E-state index contributed by atoms with van der Waals surface area (Å²) >= 11 is 4.88. The van der Waals surface area contributed by atoms with E-state index in [1.54, 1.807) is 12.4 Å². The molecule has 0 fully saturated rings. The Morgan fingerprint density at radius 2 is 2.29 bits per heavy atom. The molecule has 0 aliphatic rings. The highest BCUT2D eigenvalue weighted by atomic mass is 79.9. The molecule has 2 aromatic heterocycles. The molecule has 2 heterocycles. The molecule has 0 saturated carbocycles. The lowest BCUT2D eigenvalue weighted by Gasteiger charge is -2.02. The van der Waals surface area contributed by atoms with Gasteiger partial charge >= 0.3 is 0 Å². The number of ketones is 1. The highest BCUT2D eigenvalue weighted by Gasteiger charge is 2.12. The second kappa shape index (κ2) is 5.56. The smallest absolute Gasteiger partial charge is 0.177 e. The van der Waals surface area contributed by atoms with Gasteiger partial charge in [0.25, 0.3) is 0 Å². The van der Waals surface area contributed by atoms with Gasteiger partial charge in [-0.3, -0.25) is 9.78 Å². The van der Waals surface area contributed by atoms with Crippen molar-refractivity contribution in [3.05, 3.63) is 50.4 Å². The number of thiophene rings is 1. The fourth-order valence-electron chi connectivity index (χ4n) is 1.68. The number of nitrogens with zero attached hydrogens (tertiary/aromatic N) is 1. The van der Waals surface area contributed by atoms with Gasteiger partial charge in [0.2, 0.25) is 0 Å². The molecular weight excluding hydrogens is 298 g/mol. The van der Waals surface area contributed by atoms with Crippen molar-refractivity contribution in [2.75, 3.05) is 0 Å². The number of aryl methyl sites for hydroxylation is 1. The maximum atomic E-state index is 12.1. The summed E-state index contributed by atoms with van der Waals surface area (Å²) in [5.41, 5.74) is 2.09. The van der Waals surface area contributed by atoms with Crippen molar-refractivity contribution in [2.24, 2.45) is 0 Å². The van der Waals surface area contributed by atoms with E-state index in [0.717, 1.165) is 26.9 Å². The van der Waals surface area contributed by atoms with Gasteiger partial charge in [0.15, 0.2) is 5.78 Å². The lowest BCUT2D eigenvalue weighted by atomic mass is 10.1. The Labute approximate surface area is 113 Å². The minimum absolute atomic E-state index is 0.178. The second-order valence-corrected chi connectivity index (χ2v) is 5.57. The molecule has 17 heavy (non-hydrogen) atoms. The van der Waals surface area contributed by atoms with E-state index in [4.69, 9.17) is 0 Å². The fourth-order valence-corrected chi connectivity index (χ4v) is 3.02. The number of hydrogen-bond acceptors (Lipinski definition) is 3. The number of Topliss-reactive ketones (excluding diaryl/α,β-unsaturated/α-hetero) is 1. The molecule has 2 aromatic rings. The highest BCUT2D eigenvalue weighted by molar-refractivity contribution is 9.10. The van der Waals surface area contributed by atoms with E-state index in [1.165, 1.54) is 11.3 Å². The van der Waals surface area contributed by atoms with Crippen molar-refractivity contribution in [1.29, 1.82) is 0 Å². The van der Waals surface area contributed by atoms with E-state index in [0.29, 0.717) is 6.42 Å². The van der Waals surface area contributed by atoms with Crippen LogP contribution in [0.5, 0.6) is 0 Å². The SMILES string of the molecule is CCc1ccsc1C(=O)Cc1cncc(Br)c1. The van der Waals surface area contributed by atoms with Crippen molar-refractivity contribution in [3.63, 3.8) is 0 Å². The number of carbonyl (C=O) groups excluding carboxylic acids is 1. The molecule has 88 valence electrons. The third kappa shape index (κ3) is 3.01. The van der Waals surface area contributed by atoms with Crippen LogP contribution >= 0.6 is 27.3 Å². The van der Waals surface area contributed by atoms with Crippen LogP contribution in [-0.4, -0.2) is 10.8 Å². The van der Waals surface area contributed by atoms with Gasteiger partial charge in [-0.05, 0) is 51.0 Å². The molecular formula is C13H12BrNOS. The van der Waals surface area contributed by atoms with Crippen LogP contribution in [0, 0.1) is 0 Å². The number of pyridine rings is 1. The largest absolute Gasteiger partial charge is 0.293 e. The van der Waals surface area contributed by atoms with Crippen molar-refractivity contribution < 1.29 is 4.79 Å². The predicted octanol–water partition coefficient (Wildman–Crippen LogP) is 3.89. The molecule has 0 aliphatic heterocycles. The van der Waals surface area contributed by atoms with E-state index in [-0.39, 0.29) is 5.78 Å². The number of aromatic nitrogens is 1. The first-order valence-corrected chi connectivity index (χ1v) is 7.07. The molecule has 0 unspecified atom stereocenters. The molecule has 2 rings (SSSR count). The molecule has 0 atom stereocenters. The molecule has 0 amide bonds. The van der Waals surface area contributed by atoms with Crippen molar-refractivity contribution >= 4 is 33.0 Å². The van der Waals surface area contributed by atoms with Crippen molar-refractivity contribution in [2.45, 2.75) is 19.8 Å². The van der Waals surface area contributed by atoms with E-state index in [9.17, 15) is 4.79 Å². The Balaban J connectivity index is 2.17. The van der Waals surface area contributed by atoms with Crippen molar-refractivity contribution in [3.8, 4) is 0 Å². The normalized spacial score (nSPS) is 10.5. The minimum atomic E-state index is 0.178. The molecule has 4 heteroatoms. The zero-order valence-electron chi connectivity index (χ0n) is 9.44. The first-order valence-electron chi connectivity index (χ1n) is 5.39. The van der Waals surface area contributed by atoms with Gasteiger partial charge in [-0.15, -0.1) is 11.3 Å². The van der Waals surface area contributed by atoms with Gasteiger partial charge in [0.1, 0.15) is 0 Å². The molecule has 0 spiro atoms. The first kappa shape index (κ1) is 12.5. The van der Waals surface area contributed by atoms with Gasteiger partial charge in [0, 0.05) is 23.3 Å². The van der Waals surface area contributed by atoms with Crippen LogP contribution in [0.15, 0.2) is 34.4 Å². The average Bonchev–Trinajstić information content (AvgIpc) is 2.77. The van der Waals surface area contributed by atoms with Gasteiger partial charge in [-0.25, -0.2) is 0 Å². The monoisotopic (exact) mass is 309 g/mol. The maximum absolute atomic E-state index is 12.1. The van der Waals surface area contributed by atoms with E-state index in [1.807, 2.05) is 17.5 Å². The third-order valence-corrected chi connectivity index (χ3v) is 3.94. The maximum Gasteiger partial charge on any atom is 0.177 e. The van der Waals surface area contributed by atoms with Gasteiger partial charge in [-0.1, -0.05) is 6.92 Å². The van der Waals surface area contributed by atoms with E-state index in [2.05, 4.69) is 27.8 Å². The third-order valence-electron chi connectivity index (χ3n) is 2.51. The molecule has 0 radical (unpaired) electrons. The van der Waals surface area contributed by atoms with Crippen LogP contribution in [0.25, 0.3) is 0 Å². The van der Waals surface area contributed by atoms with Crippen molar-refractivity contribution in [1.82, 2.24) is 4.98 Å². The first-order chi connectivity index (χ1) is 8.20. The van der Waals surface area contributed by atoms with Crippen LogP contribution in [0.2, 0.25) is 0 Å². The molecule has 0 saturated heterocycles. The Bertz CT molecular complexity index is 536. The number of rotatable bonds is 4. The quantitative estimate of drug-likeness (QED) is 0.802. The van der Waals surface area contributed by atoms with Crippen LogP contribution in [0.4, 0.5) is 0 Å². The summed E-state index contributed by atoms with van der Waals surface area (Å²) in [6.07, 6.45) is 4.78. The van der Waals surface area contributed by atoms with Crippen LogP contribution in [0.3, 0.4) is 0 Å². The average molecular weight is 310 g/mol. The van der Waals surface area contributed by atoms with Gasteiger partial charge in [0.05, 0.1) is 4.88 Å². The zero-order chi connectivity index (χ0) is 12.3. The minimum Gasteiger partial charge on any atom is -0.293 e. The van der Waals surface area contributed by atoms with Crippen LogP contribution < -0.4 is 0 Å². The summed E-state index contributed by atoms with van der Waals surface area (Å²) < 4.78 is 0.907. The number of hydrogen-bond donors (Lipinski definition) is 0. The summed E-state index contributed by atoms with van der Waals surface area (Å²) in [4.78, 5) is 17.1. The Hall–Kier alpha value is -1.00. The molecule has 0 aromatic carbocycles. The summed E-state index contributed by atoms with van der Waals surface area (Å²) in [5, 5.41) is 1.98. The van der Waals surface area contributed by atoms with Gasteiger partial charge < -0.3 is 0 Å². The predicted molar refractivity (Wildman–Crippen MR) is 73.7 cm³/mol. The Morgan fingerprint density at radius 3 is 3.00 bits per heavy atom. The van der Waals surface area contributed by atoms with Gasteiger partial charge in [-0.2, -0.15) is 0 Å². The number of halogens is 1. The lowest BCUT2D eigenvalue weighted by molar-refractivity contribution is 0.0996. The topological polar surface area (TPSA) is 30.0 Å². The summed E-state index contributed by atoms with van der Waals surface area (Å²) in [7, 11) is 0. The molecule has 0 aliphatic carbocycles. The fraction of sp³-hybridized carbons (Fsp3) is 0.231. The summed E-state index contributed by atoms with van der Waals surface area (Å²) in [5.74, 6) is 0.178. The number of carbonyl (C=O) groups is 1. The molecule has 0 N–H and O–H groups in total. The van der Waals surface area contributed by atoms with E-state index < -0.39 is 0 Å². The standard InChI is InChI=1S/C13H12BrNOS/c1-2-10-3-4-17-13(10)12(16)6-9-5-11(14)8-15-7-9/h3-5,7-8H,2,6H2,1H3. The molecule has 0 bridgehead atoms. The molecule has 2 nitrogen and oxygen atoms in total. The second-order valence-electron chi connectivity index (χ2n) is 3.74. The van der Waals surface area contributed by atoms with E-state index >= 15 is 0 Å². The lowest BCUT2D eigenvalue weighted by Crippen LogP contribution is -2.04. The Morgan fingerprint density at radius 1 is 1.47 bits per heavy atom. The van der Waals surface area contributed by atoms with Crippen LogP contribution in [0.1, 0.15) is 27.7 Å².